The van der Waals surface area contributed by atoms with Gasteiger partial charge in [-0.25, -0.2) is 4.98 Å². The van der Waals surface area contributed by atoms with Crippen molar-refractivity contribution < 1.29 is 0 Å². The van der Waals surface area contributed by atoms with Crippen LogP contribution in [0.5, 0.6) is 0 Å². The second-order valence-electron chi connectivity index (χ2n) is 5.18. The third-order valence-corrected chi connectivity index (χ3v) is 4.22. The number of piperidine rings is 1. The summed E-state index contributed by atoms with van der Waals surface area (Å²) in [5.41, 5.74) is 3.97. The Hall–Kier alpha value is -1.53. The fourth-order valence-electron chi connectivity index (χ4n) is 2.49. The van der Waals surface area contributed by atoms with Gasteiger partial charge in [0, 0.05) is 31.1 Å². The van der Waals surface area contributed by atoms with E-state index in [1.165, 1.54) is 12.8 Å². The second-order valence-corrected chi connectivity index (χ2v) is 5.90. The number of hydrogen-bond donors (Lipinski definition) is 1. The van der Waals surface area contributed by atoms with Gasteiger partial charge in [0.15, 0.2) is 5.82 Å². The van der Waals surface area contributed by atoms with Gasteiger partial charge in [-0.15, -0.1) is 16.4 Å². The lowest BCUT2D eigenvalue weighted by atomic mass is 10.1. The minimum Gasteiger partial charge on any atom is -0.354 e. The summed E-state index contributed by atoms with van der Waals surface area (Å²) < 4.78 is 0. The monoisotopic (exact) mass is 289 g/mol. The number of rotatable bonds is 4. The maximum atomic E-state index is 4.31. The summed E-state index contributed by atoms with van der Waals surface area (Å²) >= 11 is 1.65. The normalized spacial score (nSPS) is 19.2. The highest BCUT2D eigenvalue weighted by Gasteiger charge is 2.20. The van der Waals surface area contributed by atoms with Crippen molar-refractivity contribution in [3.63, 3.8) is 0 Å². The molecular weight excluding hydrogens is 270 g/mol. The van der Waals surface area contributed by atoms with E-state index < -0.39 is 0 Å². The Kier molecular flexibility index (Phi) is 4.22. The van der Waals surface area contributed by atoms with Crippen molar-refractivity contribution in [3.05, 3.63) is 34.4 Å². The van der Waals surface area contributed by atoms with Crippen LogP contribution in [0.1, 0.15) is 24.2 Å². The van der Waals surface area contributed by atoms with E-state index in [0.717, 1.165) is 36.8 Å². The van der Waals surface area contributed by atoms with Crippen LogP contribution in [0.2, 0.25) is 0 Å². The molecule has 0 saturated carbocycles. The predicted molar refractivity (Wildman–Crippen MR) is 81.0 cm³/mol. The van der Waals surface area contributed by atoms with E-state index in [1.807, 2.05) is 18.5 Å². The molecule has 0 unspecified atom stereocenters. The minimum absolute atomic E-state index is 0.494. The lowest BCUT2D eigenvalue weighted by molar-refractivity contribution is 0.418. The van der Waals surface area contributed by atoms with Crippen LogP contribution in [0.3, 0.4) is 0 Å². The number of nitrogens with zero attached hydrogens (tertiary/aromatic N) is 4. The highest BCUT2D eigenvalue weighted by Crippen LogP contribution is 2.17. The molecule has 0 bridgehead atoms. The molecule has 6 heteroatoms. The first kappa shape index (κ1) is 13.5. The Balaban J connectivity index is 1.57. The molecule has 1 atom stereocenters. The molecule has 1 aliphatic rings. The van der Waals surface area contributed by atoms with Gasteiger partial charge >= 0.3 is 0 Å². The van der Waals surface area contributed by atoms with Crippen molar-refractivity contribution >= 4 is 17.2 Å². The Labute approximate surface area is 123 Å². The van der Waals surface area contributed by atoms with Gasteiger partial charge in [0.05, 0.1) is 16.9 Å². The lowest BCUT2D eigenvalue weighted by Crippen LogP contribution is -2.45. The van der Waals surface area contributed by atoms with E-state index in [9.17, 15) is 0 Å². The lowest BCUT2D eigenvalue weighted by Gasteiger charge is -2.33. The van der Waals surface area contributed by atoms with Gasteiger partial charge < -0.3 is 10.2 Å². The van der Waals surface area contributed by atoms with Crippen molar-refractivity contribution in [3.8, 4) is 0 Å². The zero-order valence-corrected chi connectivity index (χ0v) is 12.4. The van der Waals surface area contributed by atoms with E-state index in [1.54, 1.807) is 11.3 Å². The van der Waals surface area contributed by atoms with Crippen LogP contribution in [0.25, 0.3) is 0 Å². The highest BCUT2D eigenvalue weighted by atomic mass is 32.1. The van der Waals surface area contributed by atoms with Crippen molar-refractivity contribution in [1.82, 2.24) is 20.5 Å². The molecule has 106 valence electrons. The number of thiazole rings is 1. The molecule has 20 heavy (non-hydrogen) atoms. The molecule has 2 aromatic rings. The van der Waals surface area contributed by atoms with Crippen LogP contribution < -0.4 is 10.2 Å². The van der Waals surface area contributed by atoms with Crippen LogP contribution in [0, 0.1) is 6.92 Å². The van der Waals surface area contributed by atoms with Crippen LogP contribution in [-0.4, -0.2) is 34.3 Å². The summed E-state index contributed by atoms with van der Waals surface area (Å²) in [6.07, 6.45) is 2.39. The SMILES string of the molecule is Cc1ccc(N2CCC[C@@H](NCc3cscn3)C2)nn1. The van der Waals surface area contributed by atoms with Gasteiger partial charge in [0.1, 0.15) is 0 Å². The maximum absolute atomic E-state index is 4.31. The van der Waals surface area contributed by atoms with Crippen LogP contribution in [0.15, 0.2) is 23.0 Å². The molecule has 1 N–H and O–H groups in total. The largest absolute Gasteiger partial charge is 0.354 e. The molecule has 5 nitrogen and oxygen atoms in total. The summed E-state index contributed by atoms with van der Waals surface area (Å²) in [4.78, 5) is 6.62. The molecule has 2 aromatic heterocycles. The molecule has 3 heterocycles. The molecule has 1 saturated heterocycles. The molecule has 0 radical (unpaired) electrons. The average molecular weight is 289 g/mol. The van der Waals surface area contributed by atoms with Gasteiger partial charge in [-0.3, -0.25) is 0 Å². The smallest absolute Gasteiger partial charge is 0.151 e. The maximum Gasteiger partial charge on any atom is 0.151 e. The standard InChI is InChI=1S/C14H19N5S/c1-11-4-5-14(18-17-11)19-6-2-3-12(8-19)15-7-13-9-20-10-16-13/h4-5,9-10,12,15H,2-3,6-8H2,1H3/t12-/m1/s1. The molecule has 0 aliphatic carbocycles. The average Bonchev–Trinajstić information content (AvgIpc) is 3.00. The number of aromatic nitrogens is 3. The summed E-state index contributed by atoms with van der Waals surface area (Å²) in [7, 11) is 0. The van der Waals surface area contributed by atoms with Gasteiger partial charge in [0.2, 0.25) is 0 Å². The molecular formula is C14H19N5S. The Bertz CT molecular complexity index is 525. The molecule has 0 amide bonds. The van der Waals surface area contributed by atoms with Gasteiger partial charge in [-0.1, -0.05) is 0 Å². The summed E-state index contributed by atoms with van der Waals surface area (Å²) in [6.45, 7) is 4.86. The first-order valence-corrected chi connectivity index (χ1v) is 7.91. The summed E-state index contributed by atoms with van der Waals surface area (Å²) in [6, 6.07) is 4.58. The zero-order valence-electron chi connectivity index (χ0n) is 11.6. The van der Waals surface area contributed by atoms with Crippen molar-refractivity contribution in [2.75, 3.05) is 18.0 Å². The molecule has 0 spiro atoms. The van der Waals surface area contributed by atoms with Crippen molar-refractivity contribution in [1.29, 1.82) is 0 Å². The fraction of sp³-hybridized carbons (Fsp3) is 0.500. The third kappa shape index (κ3) is 3.32. The quantitative estimate of drug-likeness (QED) is 0.933. The Morgan fingerprint density at radius 1 is 1.40 bits per heavy atom. The van der Waals surface area contributed by atoms with Crippen molar-refractivity contribution in [2.24, 2.45) is 0 Å². The molecule has 3 rings (SSSR count). The topological polar surface area (TPSA) is 53.9 Å². The second kappa shape index (κ2) is 6.28. The Morgan fingerprint density at radius 3 is 3.10 bits per heavy atom. The zero-order chi connectivity index (χ0) is 13.8. The number of anilines is 1. The van der Waals surface area contributed by atoms with E-state index in [4.69, 9.17) is 0 Å². The third-order valence-electron chi connectivity index (χ3n) is 3.58. The predicted octanol–water partition coefficient (Wildman–Crippen LogP) is 2.00. The minimum atomic E-state index is 0.494. The van der Waals surface area contributed by atoms with Crippen LogP contribution >= 0.6 is 11.3 Å². The summed E-state index contributed by atoms with van der Waals surface area (Å²) in [5, 5.41) is 14.1. The van der Waals surface area contributed by atoms with Gasteiger partial charge in [-0.05, 0) is 31.9 Å². The molecule has 1 fully saturated rings. The van der Waals surface area contributed by atoms with E-state index in [0.29, 0.717) is 6.04 Å². The van der Waals surface area contributed by atoms with E-state index >= 15 is 0 Å². The van der Waals surface area contributed by atoms with Gasteiger partial charge in [-0.2, -0.15) is 5.10 Å². The van der Waals surface area contributed by atoms with E-state index in [-0.39, 0.29) is 0 Å². The number of hydrogen-bond acceptors (Lipinski definition) is 6. The molecule has 0 aromatic carbocycles. The van der Waals surface area contributed by atoms with Crippen molar-refractivity contribution in [2.45, 2.75) is 32.4 Å². The number of aryl methyl sites for hydroxylation is 1. The fourth-order valence-corrected chi connectivity index (χ4v) is 3.04. The van der Waals surface area contributed by atoms with Crippen LogP contribution in [-0.2, 0) is 6.54 Å². The highest BCUT2D eigenvalue weighted by molar-refractivity contribution is 7.07. The molecule has 1 aliphatic heterocycles. The van der Waals surface area contributed by atoms with Crippen LogP contribution in [0.4, 0.5) is 5.82 Å². The first-order chi connectivity index (χ1) is 9.81. The summed E-state index contributed by atoms with van der Waals surface area (Å²) in [5.74, 6) is 0.982. The first-order valence-electron chi connectivity index (χ1n) is 6.97. The van der Waals surface area contributed by atoms with E-state index in [2.05, 4.69) is 36.8 Å². The Morgan fingerprint density at radius 2 is 2.35 bits per heavy atom. The van der Waals surface area contributed by atoms with Gasteiger partial charge in [0.25, 0.3) is 0 Å². The number of nitrogens with one attached hydrogen (secondary N) is 1.